The zero-order chi connectivity index (χ0) is 31.0. The molecule has 1 amide bonds. The second-order valence-corrected chi connectivity index (χ2v) is 13.6. The maximum atomic E-state index is 14.1. The summed E-state index contributed by atoms with van der Waals surface area (Å²) in [5.74, 6) is 0.123. The monoisotopic (exact) mass is 623 g/mol. The number of benzene rings is 1. The average Bonchev–Trinajstić information content (AvgIpc) is 3.70. The van der Waals surface area contributed by atoms with Gasteiger partial charge in [-0.2, -0.15) is 0 Å². The van der Waals surface area contributed by atoms with Crippen molar-refractivity contribution >= 4 is 28.3 Å². The van der Waals surface area contributed by atoms with Crippen molar-refractivity contribution in [2.45, 2.75) is 43.9 Å². The summed E-state index contributed by atoms with van der Waals surface area (Å²) in [6.45, 7) is 3.58. The molecule has 5 aromatic rings. The molecule has 2 aliphatic heterocycles. The van der Waals surface area contributed by atoms with Gasteiger partial charge in [-0.1, -0.05) is 30.3 Å². The summed E-state index contributed by atoms with van der Waals surface area (Å²) in [7, 11) is 1.85. The molecule has 232 valence electrons. The average molecular weight is 624 g/mol. The van der Waals surface area contributed by atoms with E-state index in [9.17, 15) is 14.7 Å². The van der Waals surface area contributed by atoms with Crippen molar-refractivity contribution in [2.75, 3.05) is 26.2 Å². The van der Waals surface area contributed by atoms with Gasteiger partial charge in [-0.25, -0.2) is 15.0 Å². The van der Waals surface area contributed by atoms with E-state index in [0.29, 0.717) is 37.0 Å². The molecule has 10 nitrogen and oxygen atoms in total. The number of hydrogen-bond acceptors (Lipinski definition) is 8. The Labute approximate surface area is 265 Å². The third kappa shape index (κ3) is 6.07. The van der Waals surface area contributed by atoms with Crippen LogP contribution in [0.25, 0.3) is 21.5 Å². The van der Waals surface area contributed by atoms with Crippen molar-refractivity contribution in [3.8, 4) is 10.4 Å². The summed E-state index contributed by atoms with van der Waals surface area (Å²) < 4.78 is 3.32. The number of fused-ring (bicyclic) bond motifs is 1. The Bertz CT molecular complexity index is 1840. The Morgan fingerprint density at radius 2 is 1.82 bits per heavy atom. The van der Waals surface area contributed by atoms with Crippen LogP contribution in [-0.4, -0.2) is 76.7 Å². The zero-order valence-electron chi connectivity index (χ0n) is 25.3. The van der Waals surface area contributed by atoms with E-state index in [1.807, 2.05) is 53.3 Å². The number of aliphatic hydroxyl groups is 1. The van der Waals surface area contributed by atoms with Gasteiger partial charge in [0.05, 0.1) is 17.5 Å². The highest BCUT2D eigenvalue weighted by Gasteiger charge is 2.41. The first-order valence-corrected chi connectivity index (χ1v) is 16.3. The predicted octanol–water partition coefficient (Wildman–Crippen LogP) is 3.91. The smallest absolute Gasteiger partial charge is 0.262 e. The molecule has 2 fully saturated rings. The van der Waals surface area contributed by atoms with Crippen LogP contribution in [0.2, 0.25) is 0 Å². The van der Waals surface area contributed by atoms with Crippen molar-refractivity contribution in [3.05, 3.63) is 101 Å². The van der Waals surface area contributed by atoms with E-state index in [0.717, 1.165) is 36.5 Å². The van der Waals surface area contributed by atoms with E-state index in [4.69, 9.17) is 0 Å². The predicted molar refractivity (Wildman–Crippen MR) is 174 cm³/mol. The van der Waals surface area contributed by atoms with Gasteiger partial charge in [-0.3, -0.25) is 19.1 Å². The van der Waals surface area contributed by atoms with E-state index >= 15 is 0 Å². The number of carbonyl (C=O) groups excluding carboxylic acids is 1. The summed E-state index contributed by atoms with van der Waals surface area (Å²) in [5.41, 5.74) is 1.61. The molecular weight excluding hydrogens is 586 g/mol. The number of rotatable bonds is 7. The number of likely N-dealkylation sites (tertiary alicyclic amines) is 2. The fraction of sp³-hybridized carbons (Fsp3) is 0.382. The molecule has 2 atom stereocenters. The maximum Gasteiger partial charge on any atom is 0.262 e. The minimum atomic E-state index is -1.07. The molecule has 7 rings (SSSR count). The van der Waals surface area contributed by atoms with Gasteiger partial charge in [-0.15, -0.1) is 11.3 Å². The summed E-state index contributed by atoms with van der Waals surface area (Å²) in [5, 5.41) is 12.0. The first-order valence-electron chi connectivity index (χ1n) is 15.5. The van der Waals surface area contributed by atoms with Crippen LogP contribution in [0.15, 0.2) is 84.6 Å². The van der Waals surface area contributed by atoms with E-state index in [2.05, 4.69) is 44.1 Å². The lowest BCUT2D eigenvalue weighted by molar-refractivity contribution is -0.142. The lowest BCUT2D eigenvalue weighted by Crippen LogP contribution is -2.53. The van der Waals surface area contributed by atoms with Crippen molar-refractivity contribution in [3.63, 3.8) is 0 Å². The van der Waals surface area contributed by atoms with Crippen molar-refractivity contribution in [1.82, 2.24) is 33.9 Å². The molecule has 11 heteroatoms. The van der Waals surface area contributed by atoms with Crippen LogP contribution in [0.1, 0.15) is 35.6 Å². The Hall–Kier alpha value is -4.19. The van der Waals surface area contributed by atoms with Crippen LogP contribution < -0.4 is 5.56 Å². The van der Waals surface area contributed by atoms with Gasteiger partial charge in [0, 0.05) is 79.0 Å². The highest BCUT2D eigenvalue weighted by Crippen LogP contribution is 2.37. The van der Waals surface area contributed by atoms with Gasteiger partial charge < -0.3 is 14.6 Å². The third-order valence-electron chi connectivity index (χ3n) is 9.45. The number of piperidine rings is 2. The highest BCUT2D eigenvalue weighted by molar-refractivity contribution is 7.15. The minimum Gasteiger partial charge on any atom is -0.388 e. The van der Waals surface area contributed by atoms with Crippen molar-refractivity contribution < 1.29 is 9.90 Å². The molecule has 2 aliphatic rings. The van der Waals surface area contributed by atoms with Gasteiger partial charge in [-0.05, 0) is 49.6 Å². The lowest BCUT2D eigenvalue weighted by Gasteiger charge is -2.43. The quantitative estimate of drug-likeness (QED) is 0.293. The first-order chi connectivity index (χ1) is 21.9. The zero-order valence-corrected chi connectivity index (χ0v) is 26.1. The van der Waals surface area contributed by atoms with Crippen LogP contribution in [0, 0.1) is 5.92 Å². The highest BCUT2D eigenvalue weighted by atomic mass is 32.1. The number of hydrogen-bond donors (Lipinski definition) is 1. The number of aromatic nitrogens is 5. The van der Waals surface area contributed by atoms with Crippen LogP contribution in [0.3, 0.4) is 0 Å². The molecule has 0 unspecified atom stereocenters. The topological polar surface area (TPSA) is 109 Å². The van der Waals surface area contributed by atoms with Crippen molar-refractivity contribution in [1.29, 1.82) is 0 Å². The minimum absolute atomic E-state index is 0.0810. The molecule has 0 aliphatic carbocycles. The van der Waals surface area contributed by atoms with Gasteiger partial charge >= 0.3 is 0 Å². The molecular formula is C34H37N7O3S. The second kappa shape index (κ2) is 12.3. The second-order valence-electron chi connectivity index (χ2n) is 12.4. The number of thiophene rings is 1. The van der Waals surface area contributed by atoms with Crippen LogP contribution in [0.5, 0.6) is 0 Å². The van der Waals surface area contributed by atoms with Crippen LogP contribution >= 0.6 is 11.3 Å². The van der Waals surface area contributed by atoms with E-state index in [-0.39, 0.29) is 29.8 Å². The van der Waals surface area contributed by atoms with Gasteiger partial charge in [0.2, 0.25) is 5.91 Å². The Morgan fingerprint density at radius 1 is 1.04 bits per heavy atom. The molecule has 0 saturated carbocycles. The summed E-state index contributed by atoms with van der Waals surface area (Å²) in [4.78, 5) is 46.7. The largest absolute Gasteiger partial charge is 0.388 e. The normalized spacial score (nSPS) is 20.4. The number of amides is 1. The van der Waals surface area contributed by atoms with Crippen molar-refractivity contribution in [2.24, 2.45) is 13.0 Å². The number of carbonyl (C=O) groups is 1. The van der Waals surface area contributed by atoms with Crippen LogP contribution in [0.4, 0.5) is 0 Å². The lowest BCUT2D eigenvalue weighted by atomic mass is 9.79. The number of nitrogens with zero attached hydrogens (tertiary/aromatic N) is 7. The third-order valence-corrected chi connectivity index (χ3v) is 10.6. The van der Waals surface area contributed by atoms with Gasteiger partial charge in [0.25, 0.3) is 5.56 Å². The Kier molecular flexibility index (Phi) is 8.07. The maximum absolute atomic E-state index is 14.1. The molecule has 0 bridgehead atoms. The fourth-order valence-corrected chi connectivity index (χ4v) is 7.93. The van der Waals surface area contributed by atoms with Gasteiger partial charge in [0.15, 0.2) is 0 Å². The molecule has 0 spiro atoms. The summed E-state index contributed by atoms with van der Waals surface area (Å²) >= 11 is 1.76. The molecule has 6 heterocycles. The fourth-order valence-electron chi connectivity index (χ4n) is 6.91. The molecule has 45 heavy (non-hydrogen) atoms. The van der Waals surface area contributed by atoms with Crippen LogP contribution in [-0.2, 0) is 24.9 Å². The van der Waals surface area contributed by atoms with E-state index in [1.165, 1.54) is 21.3 Å². The van der Waals surface area contributed by atoms with E-state index < -0.39 is 5.60 Å². The number of aryl methyl sites for hydroxylation is 1. The molecule has 0 radical (unpaired) electrons. The Balaban J connectivity index is 1.02. The summed E-state index contributed by atoms with van der Waals surface area (Å²) in [6.07, 6.45) is 10.2. The summed E-state index contributed by atoms with van der Waals surface area (Å²) in [6, 6.07) is 16.5. The molecule has 4 aromatic heterocycles. The van der Waals surface area contributed by atoms with Gasteiger partial charge in [0.1, 0.15) is 18.3 Å². The Morgan fingerprint density at radius 3 is 2.60 bits per heavy atom. The standard InChI is InChI=1S/C34H37N7O3S/c1-38-13-9-28-31(38)37-23-41(33(28)43)21-34(44)11-15-40(16-12-34)32(42)27-10-14-39(20-29(27)24-5-3-2-4-6-24)19-26-7-8-30(45-26)25-17-35-22-36-18-25/h2-9,13,17-18,22-23,27,29,44H,10-12,14-16,19-21H2,1H3/t27-,29+/m1/s1. The molecule has 1 N–H and O–H groups in total. The molecule has 1 aromatic carbocycles. The molecule has 2 saturated heterocycles. The SMILES string of the molecule is Cn1ccc2c(=O)n(CC3(O)CCN(C(=O)[C@@H]4CCN(Cc5ccc(-c6cncnc6)s5)C[C@H]4c4ccccc4)CC3)cnc21. The first kappa shape index (κ1) is 29.5. The van der Waals surface area contributed by atoms with E-state index in [1.54, 1.807) is 23.7 Å².